The zero-order valence-corrected chi connectivity index (χ0v) is 7.25. The van der Waals surface area contributed by atoms with Crippen molar-refractivity contribution in [3.63, 3.8) is 0 Å². The topological polar surface area (TPSA) is 44.0 Å². The highest BCUT2D eigenvalue weighted by Crippen LogP contribution is 2.16. The third kappa shape index (κ3) is 2.04. The first-order valence-electron chi connectivity index (χ1n) is 3.07. The molecule has 1 aromatic rings. The van der Waals surface area contributed by atoms with Crippen LogP contribution >= 0.6 is 15.9 Å². The van der Waals surface area contributed by atoms with Gasteiger partial charge in [-0.2, -0.15) is 5.26 Å². The predicted molar refractivity (Wildman–Crippen MR) is 44.7 cm³/mol. The first-order valence-corrected chi connectivity index (χ1v) is 3.86. The molecule has 1 atom stereocenters. The van der Waals surface area contributed by atoms with Gasteiger partial charge in [0.25, 0.3) is 0 Å². The Morgan fingerprint density at radius 1 is 1.55 bits per heavy atom. The smallest absolute Gasteiger partial charge is 0.165 e. The second-order valence-electron chi connectivity index (χ2n) is 2.09. The van der Waals surface area contributed by atoms with Crippen LogP contribution in [0, 0.1) is 11.3 Å². The number of benzene rings is 1. The molecule has 0 spiro atoms. The molecule has 0 aromatic heterocycles. The van der Waals surface area contributed by atoms with Gasteiger partial charge in [-0.1, -0.05) is 28.1 Å². The van der Waals surface area contributed by atoms with Crippen molar-refractivity contribution in [3.05, 3.63) is 34.3 Å². The van der Waals surface area contributed by atoms with Crippen molar-refractivity contribution in [1.29, 1.82) is 5.26 Å². The summed E-state index contributed by atoms with van der Waals surface area (Å²) in [5, 5.41) is 17.4. The monoisotopic (exact) mass is 211 g/mol. The van der Waals surface area contributed by atoms with Crippen molar-refractivity contribution < 1.29 is 5.11 Å². The quantitative estimate of drug-likeness (QED) is 0.723. The normalized spacial score (nSPS) is 12.1. The van der Waals surface area contributed by atoms with Crippen molar-refractivity contribution in [2.24, 2.45) is 0 Å². The summed E-state index contributed by atoms with van der Waals surface area (Å²) < 4.78 is 0.865. The van der Waals surface area contributed by atoms with E-state index in [0.717, 1.165) is 4.47 Å². The molecule has 1 unspecified atom stereocenters. The molecule has 0 heterocycles. The Morgan fingerprint density at radius 2 is 2.27 bits per heavy atom. The highest BCUT2D eigenvalue weighted by Gasteiger charge is 2.03. The largest absolute Gasteiger partial charge is 0.374 e. The van der Waals surface area contributed by atoms with Gasteiger partial charge in [0.15, 0.2) is 6.10 Å². The molecule has 0 saturated heterocycles. The predicted octanol–water partition coefficient (Wildman–Crippen LogP) is 2.01. The number of nitriles is 1. The molecule has 0 amide bonds. The summed E-state index contributed by atoms with van der Waals surface area (Å²) in [7, 11) is 0. The van der Waals surface area contributed by atoms with E-state index in [-0.39, 0.29) is 0 Å². The summed E-state index contributed by atoms with van der Waals surface area (Å²) in [6.45, 7) is 0. The Morgan fingerprint density at radius 3 is 2.82 bits per heavy atom. The van der Waals surface area contributed by atoms with Crippen LogP contribution in [0.3, 0.4) is 0 Å². The van der Waals surface area contributed by atoms with E-state index in [9.17, 15) is 0 Å². The second-order valence-corrected chi connectivity index (χ2v) is 3.00. The maximum absolute atomic E-state index is 9.07. The minimum atomic E-state index is -1.02. The molecule has 56 valence electrons. The maximum atomic E-state index is 9.07. The molecule has 0 saturated carbocycles. The van der Waals surface area contributed by atoms with E-state index in [2.05, 4.69) is 15.9 Å². The van der Waals surface area contributed by atoms with Crippen molar-refractivity contribution in [2.75, 3.05) is 0 Å². The minimum Gasteiger partial charge on any atom is -0.374 e. The van der Waals surface area contributed by atoms with Gasteiger partial charge in [-0.25, -0.2) is 0 Å². The van der Waals surface area contributed by atoms with Crippen LogP contribution in [0.25, 0.3) is 0 Å². The van der Waals surface area contributed by atoms with Gasteiger partial charge in [0.2, 0.25) is 0 Å². The Labute approximate surface area is 73.2 Å². The lowest BCUT2D eigenvalue weighted by atomic mass is 10.1. The zero-order chi connectivity index (χ0) is 8.27. The average molecular weight is 212 g/mol. The number of halogens is 1. The van der Waals surface area contributed by atoms with Crippen LogP contribution in [0.2, 0.25) is 0 Å². The molecule has 1 rings (SSSR count). The summed E-state index contributed by atoms with van der Waals surface area (Å²) in [6, 6.07) is 8.78. The van der Waals surface area contributed by atoms with Gasteiger partial charge in [0.05, 0.1) is 6.07 Å². The van der Waals surface area contributed by atoms with E-state index in [1.54, 1.807) is 24.3 Å². The molecule has 1 aromatic carbocycles. The third-order valence-electron chi connectivity index (χ3n) is 1.29. The standard InChI is InChI=1S/C8H6BrNO/c9-7-3-1-2-6(4-7)8(11)5-10/h1-4,8,11H. The maximum Gasteiger partial charge on any atom is 0.165 e. The highest BCUT2D eigenvalue weighted by atomic mass is 79.9. The molecule has 3 heteroatoms. The molecule has 11 heavy (non-hydrogen) atoms. The summed E-state index contributed by atoms with van der Waals surface area (Å²) >= 11 is 3.24. The summed E-state index contributed by atoms with van der Waals surface area (Å²) in [6.07, 6.45) is -1.02. The van der Waals surface area contributed by atoms with Gasteiger partial charge in [-0.3, -0.25) is 0 Å². The first-order chi connectivity index (χ1) is 5.24. The molecular formula is C8H6BrNO. The number of nitrogens with zero attached hydrogens (tertiary/aromatic N) is 1. The van der Waals surface area contributed by atoms with Crippen molar-refractivity contribution in [3.8, 4) is 6.07 Å². The Bertz CT molecular complexity index is 292. The number of rotatable bonds is 1. The van der Waals surface area contributed by atoms with Crippen molar-refractivity contribution in [2.45, 2.75) is 6.10 Å². The molecule has 1 N–H and O–H groups in total. The fourth-order valence-electron chi connectivity index (χ4n) is 0.751. The molecule has 0 aliphatic rings. The summed E-state index contributed by atoms with van der Waals surface area (Å²) in [5.74, 6) is 0. The van der Waals surface area contributed by atoms with Gasteiger partial charge < -0.3 is 5.11 Å². The Kier molecular flexibility index (Phi) is 2.64. The number of aliphatic hydroxyl groups is 1. The molecule has 0 aliphatic heterocycles. The number of aliphatic hydroxyl groups excluding tert-OH is 1. The van der Waals surface area contributed by atoms with Crippen molar-refractivity contribution in [1.82, 2.24) is 0 Å². The fourth-order valence-corrected chi connectivity index (χ4v) is 1.17. The zero-order valence-electron chi connectivity index (χ0n) is 5.66. The molecular weight excluding hydrogens is 206 g/mol. The van der Waals surface area contributed by atoms with Crippen LogP contribution in [0.5, 0.6) is 0 Å². The van der Waals surface area contributed by atoms with Gasteiger partial charge >= 0.3 is 0 Å². The summed E-state index contributed by atoms with van der Waals surface area (Å²) in [4.78, 5) is 0. The van der Waals surface area contributed by atoms with Crippen LogP contribution in [0.4, 0.5) is 0 Å². The van der Waals surface area contributed by atoms with E-state index in [0.29, 0.717) is 5.56 Å². The van der Waals surface area contributed by atoms with Crippen LogP contribution in [-0.4, -0.2) is 5.11 Å². The van der Waals surface area contributed by atoms with E-state index >= 15 is 0 Å². The minimum absolute atomic E-state index is 0.613. The van der Waals surface area contributed by atoms with E-state index in [1.165, 1.54) is 0 Å². The lowest BCUT2D eigenvalue weighted by Crippen LogP contribution is -1.91. The molecule has 0 bridgehead atoms. The first kappa shape index (κ1) is 8.25. The van der Waals surface area contributed by atoms with Crippen LogP contribution in [0.15, 0.2) is 28.7 Å². The molecule has 0 aliphatic carbocycles. The molecule has 2 nitrogen and oxygen atoms in total. The van der Waals surface area contributed by atoms with Gasteiger partial charge in [0, 0.05) is 4.47 Å². The van der Waals surface area contributed by atoms with E-state index < -0.39 is 6.10 Å². The summed E-state index contributed by atoms with van der Waals surface area (Å²) in [5.41, 5.74) is 0.613. The second kappa shape index (κ2) is 3.51. The number of hydrogen-bond acceptors (Lipinski definition) is 2. The van der Waals surface area contributed by atoms with Gasteiger partial charge in [0.1, 0.15) is 0 Å². The average Bonchev–Trinajstić information content (AvgIpc) is 2.03. The fraction of sp³-hybridized carbons (Fsp3) is 0.125. The Hall–Kier alpha value is -0.850. The van der Waals surface area contributed by atoms with E-state index in [1.807, 2.05) is 6.07 Å². The van der Waals surface area contributed by atoms with Crippen LogP contribution in [0.1, 0.15) is 11.7 Å². The van der Waals surface area contributed by atoms with Gasteiger partial charge in [-0.05, 0) is 17.7 Å². The van der Waals surface area contributed by atoms with Gasteiger partial charge in [-0.15, -0.1) is 0 Å². The lowest BCUT2D eigenvalue weighted by Gasteiger charge is -2.00. The third-order valence-corrected chi connectivity index (χ3v) is 1.78. The number of hydrogen-bond donors (Lipinski definition) is 1. The van der Waals surface area contributed by atoms with E-state index in [4.69, 9.17) is 10.4 Å². The van der Waals surface area contributed by atoms with Crippen LogP contribution < -0.4 is 0 Å². The van der Waals surface area contributed by atoms with Crippen LogP contribution in [-0.2, 0) is 0 Å². The molecule has 0 fully saturated rings. The SMILES string of the molecule is N#CC(O)c1cccc(Br)c1. The highest BCUT2D eigenvalue weighted by molar-refractivity contribution is 9.10. The lowest BCUT2D eigenvalue weighted by molar-refractivity contribution is 0.236. The Balaban J connectivity index is 2.98. The molecule has 0 radical (unpaired) electrons. The van der Waals surface area contributed by atoms with Crippen molar-refractivity contribution >= 4 is 15.9 Å².